The predicted octanol–water partition coefficient (Wildman–Crippen LogP) is 1.42. The highest BCUT2D eigenvalue weighted by Crippen LogP contribution is 2.10. The molecule has 0 aliphatic heterocycles. The molecule has 1 heterocycles. The van der Waals surface area contributed by atoms with Crippen LogP contribution in [-0.2, 0) is 4.79 Å². The van der Waals surface area contributed by atoms with E-state index in [0.717, 1.165) is 0 Å². The van der Waals surface area contributed by atoms with Crippen molar-refractivity contribution < 1.29 is 9.53 Å². The lowest BCUT2D eigenvalue weighted by atomic mass is 10.1. The molecule has 0 aliphatic rings. The number of ether oxygens (including phenoxy) is 1. The molecule has 94 valence electrons. The van der Waals surface area contributed by atoms with Crippen molar-refractivity contribution >= 4 is 11.7 Å². The third-order valence-corrected chi connectivity index (χ3v) is 1.92. The molecule has 1 rings (SSSR count). The Morgan fingerprint density at radius 1 is 1.41 bits per heavy atom. The largest absolute Gasteiger partial charge is 0.495 e. The van der Waals surface area contributed by atoms with E-state index in [1.807, 2.05) is 20.8 Å². The fraction of sp³-hybridized carbons (Fsp3) is 0.500. The van der Waals surface area contributed by atoms with E-state index >= 15 is 0 Å². The maximum Gasteiger partial charge on any atom is 0.239 e. The summed E-state index contributed by atoms with van der Waals surface area (Å²) >= 11 is 0. The molecule has 0 radical (unpaired) electrons. The summed E-state index contributed by atoms with van der Waals surface area (Å²) < 4.78 is 4.99. The van der Waals surface area contributed by atoms with Crippen molar-refractivity contribution in [1.82, 2.24) is 10.3 Å². The molecule has 0 fully saturated rings. The third-order valence-electron chi connectivity index (χ3n) is 1.92. The molecular formula is C12H19N3O2. The van der Waals surface area contributed by atoms with Crippen LogP contribution in [0.3, 0.4) is 0 Å². The summed E-state index contributed by atoms with van der Waals surface area (Å²) in [5, 5.41) is 5.80. The first kappa shape index (κ1) is 13.3. The number of carbonyl (C=O) groups is 1. The highest BCUT2D eigenvalue weighted by molar-refractivity contribution is 5.81. The zero-order valence-electron chi connectivity index (χ0n) is 10.7. The molecule has 1 amide bonds. The van der Waals surface area contributed by atoms with Crippen molar-refractivity contribution in [2.45, 2.75) is 26.3 Å². The van der Waals surface area contributed by atoms with Gasteiger partial charge in [0.25, 0.3) is 0 Å². The second kappa shape index (κ2) is 5.52. The SMILES string of the molecule is COc1ccc(NCC(=O)NC(C)(C)C)nc1. The Labute approximate surface area is 102 Å². The Morgan fingerprint density at radius 2 is 2.12 bits per heavy atom. The van der Waals surface area contributed by atoms with Crippen molar-refractivity contribution in [3.63, 3.8) is 0 Å². The zero-order chi connectivity index (χ0) is 12.9. The van der Waals surface area contributed by atoms with Crippen molar-refractivity contribution in [2.24, 2.45) is 0 Å². The first-order valence-electron chi connectivity index (χ1n) is 5.45. The van der Waals surface area contributed by atoms with Gasteiger partial charge in [0.05, 0.1) is 19.9 Å². The van der Waals surface area contributed by atoms with Gasteiger partial charge in [0, 0.05) is 5.54 Å². The van der Waals surface area contributed by atoms with Gasteiger partial charge in [-0.3, -0.25) is 4.79 Å². The van der Waals surface area contributed by atoms with Crippen LogP contribution in [0.4, 0.5) is 5.82 Å². The van der Waals surface area contributed by atoms with Crippen LogP contribution >= 0.6 is 0 Å². The molecule has 5 nitrogen and oxygen atoms in total. The molecule has 1 aromatic heterocycles. The summed E-state index contributed by atoms with van der Waals surface area (Å²) in [6, 6.07) is 3.56. The number of rotatable bonds is 4. The van der Waals surface area contributed by atoms with Crippen LogP contribution in [0, 0.1) is 0 Å². The minimum Gasteiger partial charge on any atom is -0.495 e. The summed E-state index contributed by atoms with van der Waals surface area (Å²) in [6.07, 6.45) is 1.60. The zero-order valence-corrected chi connectivity index (χ0v) is 10.7. The van der Waals surface area contributed by atoms with Crippen LogP contribution in [0.5, 0.6) is 5.75 Å². The van der Waals surface area contributed by atoms with Crippen molar-refractivity contribution in [3.8, 4) is 5.75 Å². The maximum atomic E-state index is 11.5. The van der Waals surface area contributed by atoms with E-state index in [0.29, 0.717) is 11.6 Å². The van der Waals surface area contributed by atoms with Crippen LogP contribution in [-0.4, -0.2) is 30.1 Å². The summed E-state index contributed by atoms with van der Waals surface area (Å²) in [6.45, 7) is 6.03. The summed E-state index contributed by atoms with van der Waals surface area (Å²) in [5.41, 5.74) is -0.216. The first-order chi connectivity index (χ1) is 7.90. The molecular weight excluding hydrogens is 218 g/mol. The van der Waals surface area contributed by atoms with E-state index < -0.39 is 0 Å². The number of amides is 1. The second-order valence-electron chi connectivity index (χ2n) is 4.73. The lowest BCUT2D eigenvalue weighted by molar-refractivity contribution is -0.120. The fourth-order valence-electron chi connectivity index (χ4n) is 1.24. The van der Waals surface area contributed by atoms with Gasteiger partial charge in [-0.05, 0) is 32.9 Å². The number of hydrogen-bond acceptors (Lipinski definition) is 4. The number of nitrogens with zero attached hydrogens (tertiary/aromatic N) is 1. The van der Waals surface area contributed by atoms with Gasteiger partial charge in [-0.15, -0.1) is 0 Å². The van der Waals surface area contributed by atoms with Gasteiger partial charge < -0.3 is 15.4 Å². The molecule has 2 N–H and O–H groups in total. The number of anilines is 1. The maximum absolute atomic E-state index is 11.5. The molecule has 0 aliphatic carbocycles. The number of carbonyl (C=O) groups excluding carboxylic acids is 1. The molecule has 0 saturated heterocycles. The van der Waals surface area contributed by atoms with Crippen LogP contribution in [0.2, 0.25) is 0 Å². The van der Waals surface area contributed by atoms with E-state index in [2.05, 4.69) is 15.6 Å². The van der Waals surface area contributed by atoms with Gasteiger partial charge in [0.2, 0.25) is 5.91 Å². The number of methoxy groups -OCH3 is 1. The minimum absolute atomic E-state index is 0.0601. The molecule has 17 heavy (non-hydrogen) atoms. The topological polar surface area (TPSA) is 63.2 Å². The van der Waals surface area contributed by atoms with Crippen LogP contribution in [0.25, 0.3) is 0 Å². The van der Waals surface area contributed by atoms with Crippen LogP contribution < -0.4 is 15.4 Å². The summed E-state index contributed by atoms with van der Waals surface area (Å²) in [4.78, 5) is 15.6. The summed E-state index contributed by atoms with van der Waals surface area (Å²) in [5.74, 6) is 1.28. The normalized spacial score (nSPS) is 10.8. The van der Waals surface area contributed by atoms with Gasteiger partial charge >= 0.3 is 0 Å². The number of hydrogen-bond donors (Lipinski definition) is 2. The first-order valence-corrected chi connectivity index (χ1v) is 5.45. The number of pyridine rings is 1. The van der Waals surface area contributed by atoms with E-state index in [1.54, 1.807) is 25.4 Å². The van der Waals surface area contributed by atoms with Crippen molar-refractivity contribution in [3.05, 3.63) is 18.3 Å². The molecule has 1 aromatic rings. The monoisotopic (exact) mass is 237 g/mol. The van der Waals surface area contributed by atoms with Gasteiger partial charge in [0.1, 0.15) is 11.6 Å². The standard InChI is InChI=1S/C12H19N3O2/c1-12(2,3)15-11(16)8-14-10-6-5-9(17-4)7-13-10/h5-7H,8H2,1-4H3,(H,13,14)(H,15,16). The minimum atomic E-state index is -0.216. The molecule has 0 bridgehead atoms. The van der Waals surface area contributed by atoms with Crippen molar-refractivity contribution in [2.75, 3.05) is 19.0 Å². The predicted molar refractivity (Wildman–Crippen MR) is 67.2 cm³/mol. The molecule has 0 atom stereocenters. The lowest BCUT2D eigenvalue weighted by Crippen LogP contribution is -2.43. The van der Waals surface area contributed by atoms with Gasteiger partial charge in [-0.2, -0.15) is 0 Å². The van der Waals surface area contributed by atoms with E-state index in [1.165, 1.54) is 0 Å². The second-order valence-corrected chi connectivity index (χ2v) is 4.73. The highest BCUT2D eigenvalue weighted by Gasteiger charge is 2.13. The molecule has 5 heteroatoms. The van der Waals surface area contributed by atoms with Gasteiger partial charge in [0.15, 0.2) is 0 Å². The Bertz CT molecular complexity index is 368. The smallest absolute Gasteiger partial charge is 0.239 e. The summed E-state index contributed by atoms with van der Waals surface area (Å²) in [7, 11) is 1.58. The van der Waals surface area contributed by atoms with E-state index in [4.69, 9.17) is 4.74 Å². The number of nitrogens with one attached hydrogen (secondary N) is 2. The molecule has 0 unspecified atom stereocenters. The molecule has 0 saturated carbocycles. The fourth-order valence-corrected chi connectivity index (χ4v) is 1.24. The van der Waals surface area contributed by atoms with E-state index in [-0.39, 0.29) is 18.0 Å². The van der Waals surface area contributed by atoms with Crippen LogP contribution in [0.15, 0.2) is 18.3 Å². The van der Waals surface area contributed by atoms with Crippen LogP contribution in [0.1, 0.15) is 20.8 Å². The average Bonchev–Trinajstić information content (AvgIpc) is 2.25. The Balaban J connectivity index is 2.42. The quantitative estimate of drug-likeness (QED) is 0.831. The number of aromatic nitrogens is 1. The van der Waals surface area contributed by atoms with Gasteiger partial charge in [-0.25, -0.2) is 4.98 Å². The Morgan fingerprint density at radius 3 is 2.59 bits per heavy atom. The Kier molecular flexibility index (Phi) is 4.31. The third kappa shape index (κ3) is 5.19. The lowest BCUT2D eigenvalue weighted by Gasteiger charge is -2.20. The average molecular weight is 237 g/mol. The highest BCUT2D eigenvalue weighted by atomic mass is 16.5. The molecule has 0 aromatic carbocycles. The van der Waals surface area contributed by atoms with Crippen molar-refractivity contribution in [1.29, 1.82) is 0 Å². The Hall–Kier alpha value is -1.78. The van der Waals surface area contributed by atoms with E-state index in [9.17, 15) is 4.79 Å². The van der Waals surface area contributed by atoms with Gasteiger partial charge in [-0.1, -0.05) is 0 Å². The molecule has 0 spiro atoms.